The molecule has 6 heteroatoms. The number of benzene rings is 3. The molecule has 4 aromatic rings. The monoisotopic (exact) mass is 422 g/mol. The van der Waals surface area contributed by atoms with Crippen LogP contribution >= 0.6 is 0 Å². The minimum absolute atomic E-state index is 0.129. The molecule has 6 nitrogen and oxygen atoms in total. The summed E-state index contributed by atoms with van der Waals surface area (Å²) in [5.41, 5.74) is 3.02. The molecule has 158 valence electrons. The molecule has 1 aromatic heterocycles. The molecule has 2 heterocycles. The summed E-state index contributed by atoms with van der Waals surface area (Å²) in [4.78, 5) is 27.5. The number of amides is 3. The van der Waals surface area contributed by atoms with Crippen molar-refractivity contribution in [2.45, 2.75) is 19.0 Å². The summed E-state index contributed by atoms with van der Waals surface area (Å²) in [5.74, 6) is -0.278. The Morgan fingerprint density at radius 3 is 2.09 bits per heavy atom. The van der Waals surface area contributed by atoms with Gasteiger partial charge in [0.05, 0.1) is 17.9 Å². The molecule has 1 aliphatic rings. The van der Waals surface area contributed by atoms with Gasteiger partial charge < -0.3 is 5.32 Å². The van der Waals surface area contributed by atoms with E-state index in [1.165, 1.54) is 4.90 Å². The number of carbonyl (C=O) groups excluding carboxylic acids is 2. The van der Waals surface area contributed by atoms with Gasteiger partial charge in [0.25, 0.3) is 5.91 Å². The third-order valence-electron chi connectivity index (χ3n) is 5.81. The van der Waals surface area contributed by atoms with E-state index in [1.807, 2.05) is 97.2 Å². The lowest BCUT2D eigenvalue weighted by Gasteiger charge is -2.22. The second-order valence-electron chi connectivity index (χ2n) is 7.96. The van der Waals surface area contributed by atoms with Crippen LogP contribution in [-0.4, -0.2) is 26.6 Å². The van der Waals surface area contributed by atoms with Gasteiger partial charge in [0.15, 0.2) is 0 Å². The van der Waals surface area contributed by atoms with E-state index in [2.05, 4.69) is 5.32 Å². The first-order chi connectivity index (χ1) is 15.6. The topological polar surface area (TPSA) is 67.2 Å². The van der Waals surface area contributed by atoms with E-state index in [0.29, 0.717) is 0 Å². The predicted octanol–water partition coefficient (Wildman–Crippen LogP) is 4.51. The summed E-state index contributed by atoms with van der Waals surface area (Å²) < 4.78 is 1.78. The SMILES string of the molecule is C[C@@]1(c2ccccc2)NC(=O)N(Cc2cn(-c3ccccc3)nc2-c2ccccc2)C1=O. The minimum Gasteiger partial charge on any atom is -0.319 e. The smallest absolute Gasteiger partial charge is 0.319 e. The van der Waals surface area contributed by atoms with Crippen LogP contribution in [0.5, 0.6) is 0 Å². The molecule has 0 unspecified atom stereocenters. The Balaban J connectivity index is 1.53. The summed E-state index contributed by atoms with van der Waals surface area (Å²) >= 11 is 0. The summed E-state index contributed by atoms with van der Waals surface area (Å²) in [6.07, 6.45) is 1.89. The quantitative estimate of drug-likeness (QED) is 0.482. The van der Waals surface area contributed by atoms with Crippen molar-refractivity contribution in [1.82, 2.24) is 20.0 Å². The zero-order valence-corrected chi connectivity index (χ0v) is 17.6. The number of carbonyl (C=O) groups is 2. The molecule has 1 saturated heterocycles. The van der Waals surface area contributed by atoms with Gasteiger partial charge in [-0.1, -0.05) is 78.9 Å². The van der Waals surface area contributed by atoms with Crippen molar-refractivity contribution in [2.75, 3.05) is 0 Å². The molecule has 1 aliphatic heterocycles. The Bertz CT molecular complexity index is 1270. The van der Waals surface area contributed by atoms with Gasteiger partial charge in [-0.15, -0.1) is 0 Å². The van der Waals surface area contributed by atoms with Gasteiger partial charge in [-0.3, -0.25) is 9.69 Å². The normalized spacial score (nSPS) is 18.1. The van der Waals surface area contributed by atoms with E-state index in [4.69, 9.17) is 5.10 Å². The maximum Gasteiger partial charge on any atom is 0.325 e. The number of rotatable bonds is 5. The molecule has 3 aromatic carbocycles. The van der Waals surface area contributed by atoms with Crippen LogP contribution in [0.4, 0.5) is 4.79 Å². The number of aromatic nitrogens is 2. The molecular weight excluding hydrogens is 400 g/mol. The molecule has 1 atom stereocenters. The van der Waals surface area contributed by atoms with Gasteiger partial charge in [-0.2, -0.15) is 5.10 Å². The Morgan fingerprint density at radius 1 is 0.844 bits per heavy atom. The Kier molecular flexibility index (Phi) is 4.82. The zero-order chi connectivity index (χ0) is 22.1. The number of hydrogen-bond acceptors (Lipinski definition) is 3. The van der Waals surface area contributed by atoms with Crippen molar-refractivity contribution in [3.63, 3.8) is 0 Å². The van der Waals surface area contributed by atoms with Crippen molar-refractivity contribution >= 4 is 11.9 Å². The Morgan fingerprint density at radius 2 is 1.44 bits per heavy atom. The van der Waals surface area contributed by atoms with Gasteiger partial charge in [0.1, 0.15) is 5.54 Å². The molecule has 1 fully saturated rings. The average Bonchev–Trinajstić information content (AvgIpc) is 3.36. The number of para-hydroxylation sites is 1. The van der Waals surface area contributed by atoms with Gasteiger partial charge in [-0.25, -0.2) is 9.48 Å². The van der Waals surface area contributed by atoms with E-state index < -0.39 is 11.6 Å². The fourth-order valence-corrected chi connectivity index (χ4v) is 4.06. The lowest BCUT2D eigenvalue weighted by atomic mass is 9.92. The summed E-state index contributed by atoms with van der Waals surface area (Å²) in [6, 6.07) is 28.5. The maximum atomic E-state index is 13.4. The van der Waals surface area contributed by atoms with E-state index in [9.17, 15) is 9.59 Å². The van der Waals surface area contributed by atoms with Crippen molar-refractivity contribution in [3.05, 3.63) is 108 Å². The van der Waals surface area contributed by atoms with E-state index in [-0.39, 0.29) is 12.5 Å². The van der Waals surface area contributed by atoms with Crippen LogP contribution in [0.3, 0.4) is 0 Å². The first-order valence-corrected chi connectivity index (χ1v) is 10.5. The van der Waals surface area contributed by atoms with E-state index in [0.717, 1.165) is 28.1 Å². The van der Waals surface area contributed by atoms with Gasteiger partial charge in [0.2, 0.25) is 0 Å². The Labute approximate surface area is 186 Å². The van der Waals surface area contributed by atoms with Gasteiger partial charge in [-0.05, 0) is 24.6 Å². The van der Waals surface area contributed by atoms with Crippen LogP contribution in [0.2, 0.25) is 0 Å². The fraction of sp³-hybridized carbons (Fsp3) is 0.115. The lowest BCUT2D eigenvalue weighted by molar-refractivity contribution is -0.131. The van der Waals surface area contributed by atoms with Crippen LogP contribution in [0.15, 0.2) is 97.2 Å². The number of imide groups is 1. The molecule has 0 spiro atoms. The third kappa shape index (κ3) is 3.36. The Hall–Kier alpha value is -4.19. The predicted molar refractivity (Wildman–Crippen MR) is 122 cm³/mol. The van der Waals surface area contributed by atoms with Crippen molar-refractivity contribution in [3.8, 4) is 16.9 Å². The standard InChI is InChI=1S/C26H22N4O2/c1-26(21-13-7-3-8-14-21)24(31)29(25(32)27-26)17-20-18-30(22-15-9-4-10-16-22)28-23(20)19-11-5-2-6-12-19/h2-16,18H,17H2,1H3,(H,27,32)/t26-/m0/s1. The number of hydrogen-bond donors (Lipinski definition) is 1. The number of urea groups is 1. The van der Waals surface area contributed by atoms with Gasteiger partial charge >= 0.3 is 6.03 Å². The minimum atomic E-state index is -1.10. The molecular formula is C26H22N4O2. The second-order valence-corrected chi connectivity index (χ2v) is 7.96. The third-order valence-corrected chi connectivity index (χ3v) is 5.81. The fourth-order valence-electron chi connectivity index (χ4n) is 4.06. The highest BCUT2D eigenvalue weighted by atomic mass is 16.2. The second kappa shape index (κ2) is 7.81. The molecule has 0 saturated carbocycles. The first kappa shape index (κ1) is 19.8. The molecule has 1 N–H and O–H groups in total. The maximum absolute atomic E-state index is 13.4. The highest BCUT2D eigenvalue weighted by Crippen LogP contribution is 2.31. The van der Waals surface area contributed by atoms with E-state index >= 15 is 0 Å². The molecule has 0 aliphatic carbocycles. The highest BCUT2D eigenvalue weighted by Gasteiger charge is 2.49. The average molecular weight is 422 g/mol. The van der Waals surface area contributed by atoms with Gasteiger partial charge in [0, 0.05) is 17.3 Å². The van der Waals surface area contributed by atoms with Crippen LogP contribution in [0.1, 0.15) is 18.1 Å². The zero-order valence-electron chi connectivity index (χ0n) is 17.6. The largest absolute Gasteiger partial charge is 0.325 e. The number of nitrogens with zero attached hydrogens (tertiary/aromatic N) is 3. The first-order valence-electron chi connectivity index (χ1n) is 10.5. The van der Waals surface area contributed by atoms with Crippen LogP contribution < -0.4 is 5.32 Å². The molecule has 0 radical (unpaired) electrons. The van der Waals surface area contributed by atoms with Crippen LogP contribution in [0, 0.1) is 0 Å². The molecule has 5 rings (SSSR count). The van der Waals surface area contributed by atoms with Crippen LogP contribution in [-0.2, 0) is 16.9 Å². The van der Waals surface area contributed by atoms with Crippen molar-refractivity contribution in [1.29, 1.82) is 0 Å². The van der Waals surface area contributed by atoms with Crippen LogP contribution in [0.25, 0.3) is 16.9 Å². The summed E-state index contributed by atoms with van der Waals surface area (Å²) in [6.45, 7) is 1.87. The summed E-state index contributed by atoms with van der Waals surface area (Å²) in [5, 5.41) is 7.66. The van der Waals surface area contributed by atoms with Crippen molar-refractivity contribution in [2.24, 2.45) is 0 Å². The lowest BCUT2D eigenvalue weighted by Crippen LogP contribution is -2.40. The number of nitrogens with one attached hydrogen (secondary N) is 1. The molecule has 3 amide bonds. The van der Waals surface area contributed by atoms with E-state index in [1.54, 1.807) is 11.6 Å². The summed E-state index contributed by atoms with van der Waals surface area (Å²) in [7, 11) is 0. The van der Waals surface area contributed by atoms with Crippen molar-refractivity contribution < 1.29 is 9.59 Å². The molecule has 0 bridgehead atoms. The highest BCUT2D eigenvalue weighted by molar-refractivity contribution is 6.07. The molecule has 32 heavy (non-hydrogen) atoms.